The van der Waals surface area contributed by atoms with Crippen LogP contribution < -0.4 is 10.6 Å². The van der Waals surface area contributed by atoms with Crippen molar-refractivity contribution in [1.82, 2.24) is 15.5 Å². The lowest BCUT2D eigenvalue weighted by atomic mass is 10.1. The molecular formula is C14H29N3O3. The third-order valence-corrected chi connectivity index (χ3v) is 3.37. The summed E-state index contributed by atoms with van der Waals surface area (Å²) in [7, 11) is 0. The molecule has 2 atom stereocenters. The first-order chi connectivity index (χ1) is 9.40. The van der Waals surface area contributed by atoms with Gasteiger partial charge in [-0.3, -0.25) is 4.79 Å². The molecule has 20 heavy (non-hydrogen) atoms. The van der Waals surface area contributed by atoms with E-state index in [1.165, 1.54) is 0 Å². The molecule has 0 saturated carbocycles. The van der Waals surface area contributed by atoms with Crippen molar-refractivity contribution < 1.29 is 14.7 Å². The molecule has 0 bridgehead atoms. The Labute approximate surface area is 121 Å². The van der Waals surface area contributed by atoms with E-state index in [2.05, 4.69) is 29.4 Å². The molecule has 0 aromatic carbocycles. The molecule has 6 nitrogen and oxygen atoms in total. The van der Waals surface area contributed by atoms with E-state index in [0.29, 0.717) is 0 Å². The van der Waals surface area contributed by atoms with Gasteiger partial charge in [-0.15, -0.1) is 0 Å². The molecule has 3 N–H and O–H groups in total. The van der Waals surface area contributed by atoms with E-state index in [-0.39, 0.29) is 18.6 Å². The Morgan fingerprint density at radius 2 is 1.80 bits per heavy atom. The van der Waals surface area contributed by atoms with Crippen molar-refractivity contribution in [2.75, 3.05) is 26.2 Å². The summed E-state index contributed by atoms with van der Waals surface area (Å²) >= 11 is 0. The molecule has 2 unspecified atom stereocenters. The van der Waals surface area contributed by atoms with Crippen LogP contribution in [0.15, 0.2) is 0 Å². The zero-order valence-corrected chi connectivity index (χ0v) is 13.1. The standard InChI is InChI=1S/C14H29N3O3/c1-5-17(6-2)9-7-8-12(4)16-14(20)15-10-11(3)13(18)19/h11-12H,5-10H2,1-4H3,(H,18,19)(H2,15,16,20). The maximum Gasteiger partial charge on any atom is 0.315 e. The molecule has 0 fully saturated rings. The molecule has 0 heterocycles. The van der Waals surface area contributed by atoms with Crippen LogP contribution in [0.3, 0.4) is 0 Å². The normalized spacial score (nSPS) is 13.8. The van der Waals surface area contributed by atoms with Gasteiger partial charge in [-0.25, -0.2) is 4.79 Å². The zero-order chi connectivity index (χ0) is 15.5. The third kappa shape index (κ3) is 8.74. The number of nitrogens with one attached hydrogen (secondary N) is 2. The van der Waals surface area contributed by atoms with E-state index >= 15 is 0 Å². The smallest absolute Gasteiger partial charge is 0.315 e. The summed E-state index contributed by atoms with van der Waals surface area (Å²) in [5.74, 6) is -1.48. The number of nitrogens with zero attached hydrogens (tertiary/aromatic N) is 1. The second-order valence-electron chi connectivity index (χ2n) is 5.16. The minimum absolute atomic E-state index is 0.0886. The largest absolute Gasteiger partial charge is 0.481 e. The molecular weight excluding hydrogens is 258 g/mol. The Morgan fingerprint density at radius 3 is 2.30 bits per heavy atom. The molecule has 0 rings (SSSR count). The predicted molar refractivity (Wildman–Crippen MR) is 79.8 cm³/mol. The Bertz CT molecular complexity index is 293. The minimum Gasteiger partial charge on any atom is -0.481 e. The fraction of sp³-hybridized carbons (Fsp3) is 0.857. The Kier molecular flexibility index (Phi) is 9.80. The topological polar surface area (TPSA) is 81.7 Å². The van der Waals surface area contributed by atoms with Gasteiger partial charge in [0.05, 0.1) is 5.92 Å². The summed E-state index contributed by atoms with van der Waals surface area (Å²) in [6, 6.07) is -0.209. The monoisotopic (exact) mass is 287 g/mol. The van der Waals surface area contributed by atoms with Gasteiger partial charge < -0.3 is 20.6 Å². The highest BCUT2D eigenvalue weighted by molar-refractivity contribution is 5.75. The second-order valence-corrected chi connectivity index (χ2v) is 5.16. The van der Waals surface area contributed by atoms with Crippen molar-refractivity contribution in [3.8, 4) is 0 Å². The van der Waals surface area contributed by atoms with Crippen molar-refractivity contribution in [2.24, 2.45) is 5.92 Å². The lowest BCUT2D eigenvalue weighted by Crippen LogP contribution is -2.43. The van der Waals surface area contributed by atoms with Crippen LogP contribution in [-0.4, -0.2) is 54.2 Å². The minimum atomic E-state index is -0.905. The maximum atomic E-state index is 11.6. The highest BCUT2D eigenvalue weighted by Crippen LogP contribution is 1.99. The number of rotatable bonds is 10. The van der Waals surface area contributed by atoms with Gasteiger partial charge in [-0.1, -0.05) is 20.8 Å². The van der Waals surface area contributed by atoms with Crippen LogP contribution >= 0.6 is 0 Å². The first-order valence-corrected chi connectivity index (χ1v) is 7.40. The second kappa shape index (κ2) is 10.5. The Morgan fingerprint density at radius 1 is 1.20 bits per heavy atom. The summed E-state index contributed by atoms with van der Waals surface area (Å²) < 4.78 is 0. The van der Waals surface area contributed by atoms with E-state index in [9.17, 15) is 9.59 Å². The predicted octanol–water partition coefficient (Wildman–Crippen LogP) is 1.52. The molecule has 6 heteroatoms. The summed E-state index contributed by atoms with van der Waals surface area (Å²) in [4.78, 5) is 24.5. The SMILES string of the molecule is CCN(CC)CCCC(C)NC(=O)NCC(C)C(=O)O. The van der Waals surface area contributed by atoms with E-state index in [4.69, 9.17) is 5.11 Å². The van der Waals surface area contributed by atoms with E-state index in [0.717, 1.165) is 32.5 Å². The molecule has 0 saturated heterocycles. The molecule has 0 aliphatic heterocycles. The average Bonchev–Trinajstić information content (AvgIpc) is 2.40. The van der Waals surface area contributed by atoms with Gasteiger partial charge in [0.15, 0.2) is 0 Å². The fourth-order valence-corrected chi connectivity index (χ4v) is 1.84. The highest BCUT2D eigenvalue weighted by Gasteiger charge is 2.13. The summed E-state index contributed by atoms with van der Waals surface area (Å²) in [6.45, 7) is 11.1. The van der Waals surface area contributed by atoms with Crippen molar-refractivity contribution in [1.29, 1.82) is 0 Å². The Balaban J connectivity index is 3.77. The van der Waals surface area contributed by atoms with Gasteiger partial charge >= 0.3 is 12.0 Å². The van der Waals surface area contributed by atoms with Crippen LogP contribution in [0, 0.1) is 5.92 Å². The quantitative estimate of drug-likeness (QED) is 0.569. The molecule has 0 aromatic heterocycles. The number of hydrogen-bond acceptors (Lipinski definition) is 3. The number of carbonyl (C=O) groups excluding carboxylic acids is 1. The van der Waals surface area contributed by atoms with E-state index < -0.39 is 11.9 Å². The van der Waals surface area contributed by atoms with Gasteiger partial charge in [0, 0.05) is 12.6 Å². The number of urea groups is 1. The van der Waals surface area contributed by atoms with Crippen molar-refractivity contribution >= 4 is 12.0 Å². The van der Waals surface area contributed by atoms with E-state index in [1.807, 2.05) is 6.92 Å². The molecule has 2 amide bonds. The van der Waals surface area contributed by atoms with Crippen LogP contribution in [-0.2, 0) is 4.79 Å². The number of aliphatic carboxylic acids is 1. The molecule has 118 valence electrons. The number of carboxylic acid groups (broad SMARTS) is 1. The Hall–Kier alpha value is -1.30. The summed E-state index contributed by atoms with van der Waals surface area (Å²) in [5, 5.41) is 14.1. The van der Waals surface area contributed by atoms with Gasteiger partial charge in [0.25, 0.3) is 0 Å². The number of carboxylic acids is 1. The van der Waals surface area contributed by atoms with Gasteiger partial charge in [-0.2, -0.15) is 0 Å². The van der Waals surface area contributed by atoms with Crippen molar-refractivity contribution in [3.05, 3.63) is 0 Å². The third-order valence-electron chi connectivity index (χ3n) is 3.37. The maximum absolute atomic E-state index is 11.6. The van der Waals surface area contributed by atoms with Crippen molar-refractivity contribution in [2.45, 2.75) is 46.6 Å². The molecule has 0 aliphatic carbocycles. The molecule has 0 radical (unpaired) electrons. The van der Waals surface area contributed by atoms with Crippen LogP contribution in [0.25, 0.3) is 0 Å². The highest BCUT2D eigenvalue weighted by atomic mass is 16.4. The lowest BCUT2D eigenvalue weighted by Gasteiger charge is -2.20. The zero-order valence-electron chi connectivity index (χ0n) is 13.1. The fourth-order valence-electron chi connectivity index (χ4n) is 1.84. The van der Waals surface area contributed by atoms with Crippen LogP contribution in [0.1, 0.15) is 40.5 Å². The lowest BCUT2D eigenvalue weighted by molar-refractivity contribution is -0.140. The first-order valence-electron chi connectivity index (χ1n) is 7.40. The van der Waals surface area contributed by atoms with Gasteiger partial charge in [0.1, 0.15) is 0 Å². The summed E-state index contributed by atoms with van der Waals surface area (Å²) in [6.07, 6.45) is 1.95. The number of hydrogen-bond donors (Lipinski definition) is 3. The van der Waals surface area contributed by atoms with Crippen LogP contribution in [0.4, 0.5) is 4.79 Å². The van der Waals surface area contributed by atoms with Crippen LogP contribution in [0.5, 0.6) is 0 Å². The molecule has 0 aromatic rings. The number of carbonyl (C=O) groups is 2. The summed E-state index contributed by atoms with van der Waals surface area (Å²) in [5.41, 5.74) is 0. The first kappa shape index (κ1) is 18.7. The number of amides is 2. The van der Waals surface area contributed by atoms with Gasteiger partial charge in [0.2, 0.25) is 0 Å². The van der Waals surface area contributed by atoms with Crippen LogP contribution in [0.2, 0.25) is 0 Å². The van der Waals surface area contributed by atoms with E-state index in [1.54, 1.807) is 6.92 Å². The average molecular weight is 287 g/mol. The van der Waals surface area contributed by atoms with Crippen molar-refractivity contribution in [3.63, 3.8) is 0 Å². The van der Waals surface area contributed by atoms with Gasteiger partial charge in [-0.05, 0) is 39.4 Å². The molecule has 0 aliphatic rings. The molecule has 0 spiro atoms.